The van der Waals surface area contributed by atoms with Crippen LogP contribution in [0.3, 0.4) is 0 Å². The highest BCUT2D eigenvalue weighted by molar-refractivity contribution is 8.00. The number of carbonyl (C=O) groups is 2. The van der Waals surface area contributed by atoms with Crippen LogP contribution in [0, 0.1) is 0 Å². The zero-order chi connectivity index (χ0) is 18.3. The molecule has 132 valence electrons. The number of hydrogen-bond acceptors (Lipinski definition) is 8. The average molecular weight is 371 g/mol. The quantitative estimate of drug-likeness (QED) is 0.699. The molecule has 1 aliphatic heterocycles. The van der Waals surface area contributed by atoms with Gasteiger partial charge in [0.2, 0.25) is 11.7 Å². The molecule has 1 aromatic carbocycles. The third-order valence-corrected chi connectivity index (χ3v) is 5.00. The lowest BCUT2D eigenvalue weighted by Gasteiger charge is -2.21. The monoisotopic (exact) mass is 371 g/mol. The molecule has 26 heavy (non-hydrogen) atoms. The Morgan fingerprint density at radius 3 is 3.00 bits per heavy atom. The molecule has 0 radical (unpaired) electrons. The number of nitrogens with zero attached hydrogens (tertiary/aromatic N) is 2. The van der Waals surface area contributed by atoms with Crippen LogP contribution in [-0.2, 0) is 9.53 Å². The SMILES string of the molecule is COC(=O)c1coc(-c2noc(-c3ccc4c(c3)NC(=O)C(C)S4)n2)c1. The van der Waals surface area contributed by atoms with Crippen LogP contribution in [0.15, 0.2) is 44.4 Å². The molecule has 3 aromatic rings. The molecule has 1 amide bonds. The molecule has 0 aliphatic carbocycles. The maximum atomic E-state index is 11.8. The molecule has 1 N–H and O–H groups in total. The molecule has 8 nitrogen and oxygen atoms in total. The van der Waals surface area contributed by atoms with E-state index in [1.807, 2.05) is 19.1 Å². The second-order valence-electron chi connectivity index (χ2n) is 5.57. The zero-order valence-corrected chi connectivity index (χ0v) is 14.6. The summed E-state index contributed by atoms with van der Waals surface area (Å²) in [5, 5.41) is 6.60. The van der Waals surface area contributed by atoms with Crippen molar-refractivity contribution in [2.75, 3.05) is 12.4 Å². The van der Waals surface area contributed by atoms with E-state index in [-0.39, 0.29) is 34.2 Å². The third kappa shape index (κ3) is 2.86. The van der Waals surface area contributed by atoms with E-state index in [4.69, 9.17) is 8.94 Å². The molecule has 4 rings (SSSR count). The number of rotatable bonds is 3. The van der Waals surface area contributed by atoms with Gasteiger partial charge in [0.05, 0.1) is 23.6 Å². The Hall–Kier alpha value is -3.07. The predicted octanol–water partition coefficient (Wildman–Crippen LogP) is 3.22. The molecule has 0 saturated heterocycles. The largest absolute Gasteiger partial charge is 0.465 e. The second kappa shape index (κ2) is 6.34. The van der Waals surface area contributed by atoms with Gasteiger partial charge in [-0.25, -0.2) is 4.79 Å². The van der Waals surface area contributed by atoms with Gasteiger partial charge in [0.1, 0.15) is 6.26 Å². The Morgan fingerprint density at radius 1 is 1.35 bits per heavy atom. The summed E-state index contributed by atoms with van der Waals surface area (Å²) in [6.07, 6.45) is 1.27. The average Bonchev–Trinajstić information content (AvgIpc) is 3.31. The number of thioether (sulfide) groups is 1. The van der Waals surface area contributed by atoms with Gasteiger partial charge in [-0.3, -0.25) is 4.79 Å². The highest BCUT2D eigenvalue weighted by Crippen LogP contribution is 2.38. The van der Waals surface area contributed by atoms with Gasteiger partial charge in [0.15, 0.2) is 5.76 Å². The van der Waals surface area contributed by atoms with Gasteiger partial charge >= 0.3 is 5.97 Å². The molecular formula is C17H13N3O5S. The number of anilines is 1. The van der Waals surface area contributed by atoms with Crippen molar-refractivity contribution >= 4 is 29.3 Å². The summed E-state index contributed by atoms with van der Waals surface area (Å²) in [5.41, 5.74) is 1.63. The van der Waals surface area contributed by atoms with Crippen LogP contribution in [0.5, 0.6) is 0 Å². The topological polar surface area (TPSA) is 107 Å². The van der Waals surface area contributed by atoms with Crippen molar-refractivity contribution in [1.82, 2.24) is 10.1 Å². The lowest BCUT2D eigenvalue weighted by molar-refractivity contribution is -0.115. The molecular weight excluding hydrogens is 358 g/mol. The van der Waals surface area contributed by atoms with Crippen LogP contribution < -0.4 is 5.32 Å². The first-order valence-electron chi connectivity index (χ1n) is 7.68. The summed E-state index contributed by atoms with van der Waals surface area (Å²) in [4.78, 5) is 28.6. The van der Waals surface area contributed by atoms with E-state index >= 15 is 0 Å². The highest BCUT2D eigenvalue weighted by atomic mass is 32.2. The molecule has 2 aromatic heterocycles. The van der Waals surface area contributed by atoms with Crippen LogP contribution >= 0.6 is 11.8 Å². The van der Waals surface area contributed by atoms with Crippen LogP contribution in [-0.4, -0.2) is 34.4 Å². The van der Waals surface area contributed by atoms with Crippen molar-refractivity contribution in [3.8, 4) is 23.0 Å². The summed E-state index contributed by atoms with van der Waals surface area (Å²) in [7, 11) is 1.29. The Labute approximate surface area is 151 Å². The molecule has 3 heterocycles. The zero-order valence-electron chi connectivity index (χ0n) is 13.8. The number of ether oxygens (including phenoxy) is 1. The number of methoxy groups -OCH3 is 1. The van der Waals surface area contributed by atoms with Gasteiger partial charge < -0.3 is 19.0 Å². The van der Waals surface area contributed by atoms with Gasteiger partial charge in [0.25, 0.3) is 5.89 Å². The van der Waals surface area contributed by atoms with Crippen LogP contribution in [0.1, 0.15) is 17.3 Å². The van der Waals surface area contributed by atoms with Crippen LogP contribution in [0.4, 0.5) is 5.69 Å². The van der Waals surface area contributed by atoms with Gasteiger partial charge in [-0.05, 0) is 25.1 Å². The van der Waals surface area contributed by atoms with E-state index < -0.39 is 5.97 Å². The number of aromatic nitrogens is 2. The summed E-state index contributed by atoms with van der Waals surface area (Å²) in [6.45, 7) is 1.85. The Kier molecular flexibility index (Phi) is 4.00. The van der Waals surface area contributed by atoms with Crippen molar-refractivity contribution in [1.29, 1.82) is 0 Å². The first kappa shape index (κ1) is 16.4. The molecule has 1 aliphatic rings. The number of esters is 1. The van der Waals surface area contributed by atoms with Crippen molar-refractivity contribution in [3.05, 3.63) is 36.1 Å². The fourth-order valence-corrected chi connectivity index (χ4v) is 3.39. The highest BCUT2D eigenvalue weighted by Gasteiger charge is 2.24. The first-order valence-corrected chi connectivity index (χ1v) is 8.56. The molecule has 9 heteroatoms. The van der Waals surface area contributed by atoms with Crippen molar-refractivity contribution in [2.45, 2.75) is 17.1 Å². The summed E-state index contributed by atoms with van der Waals surface area (Å²) in [5.74, 6) is 0.213. The van der Waals surface area contributed by atoms with Crippen molar-refractivity contribution < 1.29 is 23.3 Å². The number of amides is 1. The lowest BCUT2D eigenvalue weighted by Crippen LogP contribution is -2.26. The lowest BCUT2D eigenvalue weighted by atomic mass is 10.2. The van der Waals surface area contributed by atoms with Crippen LogP contribution in [0.25, 0.3) is 23.0 Å². The maximum absolute atomic E-state index is 11.8. The number of furan rings is 1. The van der Waals surface area contributed by atoms with Gasteiger partial charge in [-0.15, -0.1) is 11.8 Å². The number of fused-ring (bicyclic) bond motifs is 1. The Morgan fingerprint density at radius 2 is 2.19 bits per heavy atom. The second-order valence-corrected chi connectivity index (χ2v) is 6.96. The van der Waals surface area contributed by atoms with Crippen molar-refractivity contribution in [3.63, 3.8) is 0 Å². The van der Waals surface area contributed by atoms with Gasteiger partial charge in [-0.2, -0.15) is 4.98 Å². The molecule has 0 spiro atoms. The smallest absolute Gasteiger partial charge is 0.341 e. The number of benzene rings is 1. The van der Waals surface area contributed by atoms with E-state index in [1.54, 1.807) is 6.07 Å². The maximum Gasteiger partial charge on any atom is 0.341 e. The van der Waals surface area contributed by atoms with E-state index in [1.165, 1.54) is 31.2 Å². The van der Waals surface area contributed by atoms with Gasteiger partial charge in [0, 0.05) is 16.5 Å². The summed E-state index contributed by atoms with van der Waals surface area (Å²) >= 11 is 1.50. The van der Waals surface area contributed by atoms with E-state index in [9.17, 15) is 9.59 Å². The van der Waals surface area contributed by atoms with E-state index in [0.717, 1.165) is 4.90 Å². The predicted molar refractivity (Wildman–Crippen MR) is 92.7 cm³/mol. The first-order chi connectivity index (χ1) is 12.5. The Balaban J connectivity index is 1.62. The van der Waals surface area contributed by atoms with Gasteiger partial charge in [-0.1, -0.05) is 5.16 Å². The summed E-state index contributed by atoms with van der Waals surface area (Å²) in [6, 6.07) is 7.00. The fraction of sp³-hybridized carbons (Fsp3) is 0.176. The standard InChI is InChI=1S/C17H13N3O5S/c1-8-15(21)18-11-5-9(3-4-13(11)26-8)16-19-14(20-25-16)12-6-10(7-24-12)17(22)23-2/h3-8H,1-2H3,(H,18,21). The molecule has 1 atom stereocenters. The number of nitrogens with one attached hydrogen (secondary N) is 1. The number of carbonyl (C=O) groups excluding carboxylic acids is 2. The van der Waals surface area contributed by atoms with E-state index in [2.05, 4.69) is 20.2 Å². The minimum Gasteiger partial charge on any atom is -0.465 e. The number of hydrogen-bond donors (Lipinski definition) is 1. The minimum atomic E-state index is -0.513. The van der Waals surface area contributed by atoms with E-state index in [0.29, 0.717) is 11.3 Å². The summed E-state index contributed by atoms with van der Waals surface area (Å²) < 4.78 is 15.2. The molecule has 0 bridgehead atoms. The third-order valence-electron chi connectivity index (χ3n) is 3.82. The van der Waals surface area contributed by atoms with Crippen molar-refractivity contribution in [2.24, 2.45) is 0 Å². The Bertz CT molecular complexity index is 1010. The molecule has 0 fully saturated rings. The molecule has 0 saturated carbocycles. The minimum absolute atomic E-state index is 0.0446. The van der Waals surface area contributed by atoms with Crippen LogP contribution in [0.2, 0.25) is 0 Å². The normalized spacial score (nSPS) is 16.1. The fourth-order valence-electron chi connectivity index (χ4n) is 2.46. The molecule has 1 unspecified atom stereocenters.